The SMILES string of the molecule is COCCO/C(C)=C/C=C(\C)c1ccc(OCC2CO2)cc1. The van der Waals surface area contributed by atoms with E-state index in [2.05, 4.69) is 25.1 Å². The molecule has 0 radical (unpaired) electrons. The fourth-order valence-corrected chi connectivity index (χ4v) is 1.84. The molecule has 0 saturated carbocycles. The van der Waals surface area contributed by atoms with Crippen LogP contribution in [0.2, 0.25) is 0 Å². The van der Waals surface area contributed by atoms with Crippen LogP contribution in [0.5, 0.6) is 5.75 Å². The first-order valence-electron chi connectivity index (χ1n) is 7.51. The molecule has 1 fully saturated rings. The van der Waals surface area contributed by atoms with Gasteiger partial charge in [-0.25, -0.2) is 0 Å². The summed E-state index contributed by atoms with van der Waals surface area (Å²) in [6, 6.07) is 8.09. The van der Waals surface area contributed by atoms with Crippen molar-refractivity contribution in [2.75, 3.05) is 33.5 Å². The zero-order valence-corrected chi connectivity index (χ0v) is 13.5. The van der Waals surface area contributed by atoms with E-state index in [1.54, 1.807) is 7.11 Å². The van der Waals surface area contributed by atoms with Crippen LogP contribution in [0.3, 0.4) is 0 Å². The highest BCUT2D eigenvalue weighted by molar-refractivity contribution is 5.65. The molecule has 1 aliphatic rings. The molecule has 1 aliphatic heterocycles. The van der Waals surface area contributed by atoms with E-state index in [1.165, 1.54) is 5.57 Å². The van der Waals surface area contributed by atoms with Gasteiger partial charge >= 0.3 is 0 Å². The third-order valence-electron chi connectivity index (χ3n) is 3.33. The van der Waals surface area contributed by atoms with Gasteiger partial charge in [-0.3, -0.25) is 0 Å². The average molecular weight is 304 g/mol. The Hall–Kier alpha value is -1.78. The van der Waals surface area contributed by atoms with Crippen molar-refractivity contribution in [3.8, 4) is 5.75 Å². The molecule has 0 bridgehead atoms. The highest BCUT2D eigenvalue weighted by Gasteiger charge is 2.22. The first-order valence-corrected chi connectivity index (χ1v) is 7.51. The van der Waals surface area contributed by atoms with Gasteiger partial charge in [-0.15, -0.1) is 0 Å². The molecule has 2 rings (SSSR count). The maximum Gasteiger partial charge on any atom is 0.119 e. The summed E-state index contributed by atoms with van der Waals surface area (Å²) in [5.41, 5.74) is 2.34. The van der Waals surface area contributed by atoms with Gasteiger partial charge in [0.2, 0.25) is 0 Å². The number of hydrogen-bond donors (Lipinski definition) is 0. The van der Waals surface area contributed by atoms with Crippen LogP contribution in [0.15, 0.2) is 42.2 Å². The van der Waals surface area contributed by atoms with Gasteiger partial charge in [-0.05, 0) is 43.2 Å². The molecule has 0 N–H and O–H groups in total. The van der Waals surface area contributed by atoms with Crippen LogP contribution in [0.4, 0.5) is 0 Å². The molecule has 1 unspecified atom stereocenters. The molecular formula is C18H24O4. The van der Waals surface area contributed by atoms with Crippen molar-refractivity contribution in [1.82, 2.24) is 0 Å². The summed E-state index contributed by atoms with van der Waals surface area (Å²) in [6.45, 7) is 6.64. The standard InChI is InChI=1S/C18H24O4/c1-14(4-5-15(2)20-11-10-19-3)16-6-8-17(9-7-16)21-12-18-13-22-18/h4-9,18H,10-13H2,1-3H3/b14-4+,15-5+. The van der Waals surface area contributed by atoms with E-state index in [-0.39, 0.29) is 6.10 Å². The number of rotatable bonds is 9. The number of methoxy groups -OCH3 is 1. The van der Waals surface area contributed by atoms with Crippen LogP contribution in [0.25, 0.3) is 5.57 Å². The van der Waals surface area contributed by atoms with Gasteiger partial charge in [0.05, 0.1) is 19.0 Å². The Morgan fingerprint density at radius 3 is 2.55 bits per heavy atom. The summed E-state index contributed by atoms with van der Waals surface area (Å²) in [7, 11) is 1.66. The normalized spacial score (nSPS) is 18.2. The predicted molar refractivity (Wildman–Crippen MR) is 86.9 cm³/mol. The molecular weight excluding hydrogens is 280 g/mol. The molecule has 0 aromatic heterocycles. The van der Waals surface area contributed by atoms with Crippen molar-refractivity contribution in [1.29, 1.82) is 0 Å². The van der Waals surface area contributed by atoms with E-state index in [9.17, 15) is 0 Å². The van der Waals surface area contributed by atoms with Gasteiger partial charge in [0.25, 0.3) is 0 Å². The zero-order chi connectivity index (χ0) is 15.8. The third-order valence-corrected chi connectivity index (χ3v) is 3.33. The molecule has 1 heterocycles. The van der Waals surface area contributed by atoms with Crippen molar-refractivity contribution < 1.29 is 18.9 Å². The van der Waals surface area contributed by atoms with Crippen molar-refractivity contribution in [2.24, 2.45) is 0 Å². The second kappa shape index (κ2) is 8.61. The van der Waals surface area contributed by atoms with Gasteiger partial charge in [-0.2, -0.15) is 0 Å². The van der Waals surface area contributed by atoms with Gasteiger partial charge in [0, 0.05) is 7.11 Å². The summed E-state index contributed by atoms with van der Waals surface area (Å²) < 4.78 is 21.2. The molecule has 1 atom stereocenters. The number of hydrogen-bond acceptors (Lipinski definition) is 4. The second-order valence-corrected chi connectivity index (χ2v) is 5.26. The van der Waals surface area contributed by atoms with Crippen molar-refractivity contribution >= 4 is 5.57 Å². The Labute approximate surface area is 132 Å². The first-order chi connectivity index (χ1) is 10.7. The third kappa shape index (κ3) is 5.92. The number of ether oxygens (including phenoxy) is 4. The van der Waals surface area contributed by atoms with Crippen LogP contribution in [0, 0.1) is 0 Å². The van der Waals surface area contributed by atoms with E-state index in [0.29, 0.717) is 19.8 Å². The summed E-state index contributed by atoms with van der Waals surface area (Å²) in [4.78, 5) is 0. The van der Waals surface area contributed by atoms with Gasteiger partial charge < -0.3 is 18.9 Å². The average Bonchev–Trinajstić information content (AvgIpc) is 3.36. The number of allylic oxidation sites excluding steroid dienone is 4. The number of epoxide rings is 1. The summed E-state index contributed by atoms with van der Waals surface area (Å²) >= 11 is 0. The molecule has 0 spiro atoms. The lowest BCUT2D eigenvalue weighted by Crippen LogP contribution is -2.03. The Bertz CT molecular complexity index is 512. The zero-order valence-electron chi connectivity index (χ0n) is 13.5. The minimum atomic E-state index is 0.285. The minimum Gasteiger partial charge on any atom is -0.496 e. The maximum atomic E-state index is 5.63. The molecule has 0 amide bonds. The van der Waals surface area contributed by atoms with Crippen LogP contribution in [-0.4, -0.2) is 39.6 Å². The highest BCUT2D eigenvalue weighted by atomic mass is 16.6. The largest absolute Gasteiger partial charge is 0.496 e. The molecule has 4 nitrogen and oxygen atoms in total. The maximum absolute atomic E-state index is 5.63. The summed E-state index contributed by atoms with van der Waals surface area (Å²) in [5, 5.41) is 0. The van der Waals surface area contributed by atoms with E-state index < -0.39 is 0 Å². The van der Waals surface area contributed by atoms with E-state index in [0.717, 1.165) is 23.7 Å². The summed E-state index contributed by atoms with van der Waals surface area (Å²) in [6.07, 6.45) is 4.31. The van der Waals surface area contributed by atoms with E-state index >= 15 is 0 Å². The topological polar surface area (TPSA) is 40.2 Å². The molecule has 120 valence electrons. The van der Waals surface area contributed by atoms with E-state index in [1.807, 2.05) is 25.1 Å². The number of benzene rings is 1. The first kappa shape index (κ1) is 16.6. The predicted octanol–water partition coefficient (Wildman–Crippen LogP) is 3.43. The fraction of sp³-hybridized carbons (Fsp3) is 0.444. The fourth-order valence-electron chi connectivity index (χ4n) is 1.84. The summed E-state index contributed by atoms with van der Waals surface area (Å²) in [5.74, 6) is 1.75. The molecule has 4 heteroatoms. The van der Waals surface area contributed by atoms with Crippen molar-refractivity contribution in [3.63, 3.8) is 0 Å². The van der Waals surface area contributed by atoms with Crippen LogP contribution in [-0.2, 0) is 14.2 Å². The van der Waals surface area contributed by atoms with Crippen molar-refractivity contribution in [3.05, 3.63) is 47.7 Å². The Morgan fingerprint density at radius 1 is 1.18 bits per heavy atom. The Kier molecular flexibility index (Phi) is 6.49. The van der Waals surface area contributed by atoms with Gasteiger partial charge in [-0.1, -0.05) is 18.2 Å². The minimum absolute atomic E-state index is 0.285. The Balaban J connectivity index is 1.85. The highest BCUT2D eigenvalue weighted by Crippen LogP contribution is 2.20. The lowest BCUT2D eigenvalue weighted by Gasteiger charge is -2.06. The van der Waals surface area contributed by atoms with Crippen LogP contribution < -0.4 is 4.74 Å². The molecule has 1 aromatic carbocycles. The molecule has 1 saturated heterocycles. The Morgan fingerprint density at radius 2 is 1.91 bits per heavy atom. The van der Waals surface area contributed by atoms with E-state index in [4.69, 9.17) is 18.9 Å². The smallest absolute Gasteiger partial charge is 0.119 e. The van der Waals surface area contributed by atoms with Gasteiger partial charge in [0.1, 0.15) is 25.1 Å². The quantitative estimate of drug-likeness (QED) is 0.303. The molecule has 0 aliphatic carbocycles. The lowest BCUT2D eigenvalue weighted by atomic mass is 10.1. The van der Waals surface area contributed by atoms with Crippen LogP contribution in [0.1, 0.15) is 19.4 Å². The molecule has 1 aromatic rings. The van der Waals surface area contributed by atoms with Crippen molar-refractivity contribution in [2.45, 2.75) is 20.0 Å². The van der Waals surface area contributed by atoms with Crippen LogP contribution >= 0.6 is 0 Å². The monoisotopic (exact) mass is 304 g/mol. The van der Waals surface area contributed by atoms with Gasteiger partial charge in [0.15, 0.2) is 0 Å². The molecule has 22 heavy (non-hydrogen) atoms. The second-order valence-electron chi connectivity index (χ2n) is 5.26. The lowest BCUT2D eigenvalue weighted by molar-refractivity contribution is 0.110.